The van der Waals surface area contributed by atoms with Crippen molar-refractivity contribution in [2.24, 2.45) is 0 Å². The van der Waals surface area contributed by atoms with Gasteiger partial charge in [0.05, 0.1) is 13.0 Å². The van der Waals surface area contributed by atoms with Gasteiger partial charge in [-0.25, -0.2) is 0 Å². The summed E-state index contributed by atoms with van der Waals surface area (Å²) in [7, 11) is 0. The summed E-state index contributed by atoms with van der Waals surface area (Å²) in [4.78, 5) is 25.8. The van der Waals surface area contributed by atoms with Crippen LogP contribution in [0, 0.1) is 6.92 Å². The second-order valence-electron chi connectivity index (χ2n) is 5.07. The van der Waals surface area contributed by atoms with Gasteiger partial charge >= 0.3 is 5.97 Å². The van der Waals surface area contributed by atoms with Crippen molar-refractivity contribution in [2.75, 3.05) is 19.7 Å². The molecule has 0 spiro atoms. The van der Waals surface area contributed by atoms with Crippen LogP contribution in [0.15, 0.2) is 24.3 Å². The average molecular weight is 291 g/mol. The van der Waals surface area contributed by atoms with Gasteiger partial charge in [-0.3, -0.25) is 9.59 Å². The molecule has 0 radical (unpaired) electrons. The summed E-state index contributed by atoms with van der Waals surface area (Å²) in [6.45, 7) is 7.28. The Morgan fingerprint density at radius 1 is 1.19 bits per heavy atom. The van der Waals surface area contributed by atoms with E-state index >= 15 is 0 Å². The molecule has 1 aromatic rings. The fourth-order valence-electron chi connectivity index (χ4n) is 2.08. The number of carbonyl (C=O) groups is 2. The van der Waals surface area contributed by atoms with E-state index in [1.54, 1.807) is 11.8 Å². The van der Waals surface area contributed by atoms with Crippen LogP contribution in [-0.2, 0) is 9.53 Å². The van der Waals surface area contributed by atoms with E-state index in [4.69, 9.17) is 4.74 Å². The first-order valence-corrected chi connectivity index (χ1v) is 7.60. The van der Waals surface area contributed by atoms with Crippen molar-refractivity contribution in [2.45, 2.75) is 40.0 Å². The summed E-state index contributed by atoms with van der Waals surface area (Å²) in [6.07, 6.45) is 2.19. The Bertz CT molecular complexity index is 471. The lowest BCUT2D eigenvalue weighted by molar-refractivity contribution is -0.143. The van der Waals surface area contributed by atoms with Gasteiger partial charge in [-0.1, -0.05) is 31.0 Å². The molecule has 1 amide bonds. The molecule has 0 atom stereocenters. The molecule has 0 saturated heterocycles. The number of nitrogens with zero attached hydrogens (tertiary/aromatic N) is 1. The van der Waals surface area contributed by atoms with Gasteiger partial charge < -0.3 is 9.64 Å². The van der Waals surface area contributed by atoms with Crippen LogP contribution in [0.1, 0.15) is 49.0 Å². The Morgan fingerprint density at radius 3 is 2.57 bits per heavy atom. The molecule has 0 aliphatic heterocycles. The normalized spacial score (nSPS) is 10.2. The number of aryl methyl sites for hydroxylation is 1. The highest BCUT2D eigenvalue weighted by Crippen LogP contribution is 2.10. The second kappa shape index (κ2) is 9.16. The molecule has 1 rings (SSSR count). The number of hydrogen-bond acceptors (Lipinski definition) is 3. The molecule has 0 fully saturated rings. The molecule has 116 valence electrons. The van der Waals surface area contributed by atoms with Crippen molar-refractivity contribution in [3.63, 3.8) is 0 Å². The Balaban J connectivity index is 2.71. The predicted molar refractivity (Wildman–Crippen MR) is 83.2 cm³/mol. The molecule has 0 saturated carbocycles. The largest absolute Gasteiger partial charge is 0.466 e. The zero-order chi connectivity index (χ0) is 15.7. The van der Waals surface area contributed by atoms with Crippen LogP contribution in [0.2, 0.25) is 0 Å². The molecule has 0 aliphatic carbocycles. The first-order chi connectivity index (χ1) is 10.1. The van der Waals surface area contributed by atoms with Gasteiger partial charge in [0, 0.05) is 18.7 Å². The van der Waals surface area contributed by atoms with Crippen molar-refractivity contribution in [3.05, 3.63) is 35.4 Å². The van der Waals surface area contributed by atoms with Crippen LogP contribution in [0.4, 0.5) is 0 Å². The van der Waals surface area contributed by atoms with Crippen LogP contribution in [0.25, 0.3) is 0 Å². The van der Waals surface area contributed by atoms with E-state index in [0.29, 0.717) is 25.3 Å². The predicted octanol–water partition coefficient (Wildman–Crippen LogP) is 3.19. The Morgan fingerprint density at radius 2 is 1.95 bits per heavy atom. The van der Waals surface area contributed by atoms with Crippen LogP contribution < -0.4 is 0 Å². The van der Waals surface area contributed by atoms with Crippen LogP contribution in [-0.4, -0.2) is 36.5 Å². The molecule has 0 bridgehead atoms. The van der Waals surface area contributed by atoms with E-state index < -0.39 is 0 Å². The molecule has 0 N–H and O–H groups in total. The molecular weight excluding hydrogens is 266 g/mol. The first kappa shape index (κ1) is 17.2. The van der Waals surface area contributed by atoms with Gasteiger partial charge in [0.1, 0.15) is 0 Å². The summed E-state index contributed by atoms with van der Waals surface area (Å²) in [6, 6.07) is 7.54. The van der Waals surface area contributed by atoms with Crippen LogP contribution in [0.3, 0.4) is 0 Å². The number of carbonyl (C=O) groups excluding carboxylic acids is 2. The summed E-state index contributed by atoms with van der Waals surface area (Å²) in [5, 5.41) is 0. The maximum Gasteiger partial charge on any atom is 0.307 e. The number of amides is 1. The summed E-state index contributed by atoms with van der Waals surface area (Å²) in [5.74, 6) is -0.271. The Kier molecular flexibility index (Phi) is 7.51. The number of ether oxygens (including phenoxy) is 1. The molecule has 0 aliphatic rings. The molecule has 0 unspecified atom stereocenters. The Hall–Kier alpha value is -1.84. The van der Waals surface area contributed by atoms with Crippen molar-refractivity contribution >= 4 is 11.9 Å². The highest BCUT2D eigenvalue weighted by atomic mass is 16.5. The minimum absolute atomic E-state index is 0.0172. The lowest BCUT2D eigenvalue weighted by Gasteiger charge is -2.22. The molecule has 0 heterocycles. The van der Waals surface area contributed by atoms with E-state index in [-0.39, 0.29) is 18.3 Å². The van der Waals surface area contributed by atoms with Crippen molar-refractivity contribution in [1.29, 1.82) is 0 Å². The Labute approximate surface area is 127 Å². The standard InChI is InChI=1S/C17H25NO3/c1-4-6-11-18(12-10-16(19)21-5-2)17(20)15-9-7-8-14(3)13-15/h7-9,13H,4-6,10-12H2,1-3H3. The van der Waals surface area contributed by atoms with Gasteiger partial charge in [0.15, 0.2) is 0 Å². The number of benzene rings is 1. The monoisotopic (exact) mass is 291 g/mol. The van der Waals surface area contributed by atoms with Gasteiger partial charge in [0.2, 0.25) is 0 Å². The molecule has 4 heteroatoms. The first-order valence-electron chi connectivity index (χ1n) is 7.60. The maximum atomic E-state index is 12.5. The minimum atomic E-state index is -0.254. The van der Waals surface area contributed by atoms with Crippen LogP contribution >= 0.6 is 0 Å². The van der Waals surface area contributed by atoms with E-state index in [2.05, 4.69) is 6.92 Å². The third-order valence-corrected chi connectivity index (χ3v) is 3.22. The lowest BCUT2D eigenvalue weighted by atomic mass is 10.1. The molecule has 21 heavy (non-hydrogen) atoms. The van der Waals surface area contributed by atoms with Crippen LogP contribution in [0.5, 0.6) is 0 Å². The molecule has 4 nitrogen and oxygen atoms in total. The summed E-state index contributed by atoms with van der Waals surface area (Å²) in [5.41, 5.74) is 1.73. The van der Waals surface area contributed by atoms with E-state index in [9.17, 15) is 9.59 Å². The third kappa shape index (κ3) is 5.98. The highest BCUT2D eigenvalue weighted by Gasteiger charge is 2.16. The topological polar surface area (TPSA) is 46.6 Å². The van der Waals surface area contributed by atoms with Gasteiger partial charge in [-0.15, -0.1) is 0 Å². The van der Waals surface area contributed by atoms with Crippen molar-refractivity contribution in [1.82, 2.24) is 4.90 Å². The molecular formula is C17H25NO3. The van der Waals surface area contributed by atoms with Gasteiger partial charge in [-0.05, 0) is 32.4 Å². The zero-order valence-electron chi connectivity index (χ0n) is 13.2. The van der Waals surface area contributed by atoms with Gasteiger partial charge in [0.25, 0.3) is 5.91 Å². The third-order valence-electron chi connectivity index (χ3n) is 3.22. The summed E-state index contributed by atoms with van der Waals surface area (Å²) >= 11 is 0. The lowest BCUT2D eigenvalue weighted by Crippen LogP contribution is -2.34. The maximum absolute atomic E-state index is 12.5. The number of rotatable bonds is 8. The number of esters is 1. The SMILES string of the molecule is CCCCN(CCC(=O)OCC)C(=O)c1cccc(C)c1. The average Bonchev–Trinajstić information content (AvgIpc) is 2.47. The second-order valence-corrected chi connectivity index (χ2v) is 5.07. The molecule has 0 aromatic heterocycles. The number of unbranched alkanes of at least 4 members (excludes halogenated alkanes) is 1. The van der Waals surface area contributed by atoms with Crippen molar-refractivity contribution < 1.29 is 14.3 Å². The quantitative estimate of drug-likeness (QED) is 0.691. The fourth-order valence-corrected chi connectivity index (χ4v) is 2.08. The van der Waals surface area contributed by atoms with E-state index in [0.717, 1.165) is 18.4 Å². The number of hydrogen-bond donors (Lipinski definition) is 0. The van der Waals surface area contributed by atoms with Crippen molar-refractivity contribution in [3.8, 4) is 0 Å². The fraction of sp³-hybridized carbons (Fsp3) is 0.529. The minimum Gasteiger partial charge on any atom is -0.466 e. The zero-order valence-corrected chi connectivity index (χ0v) is 13.2. The van der Waals surface area contributed by atoms with Gasteiger partial charge in [-0.2, -0.15) is 0 Å². The highest BCUT2D eigenvalue weighted by molar-refractivity contribution is 5.94. The van der Waals surface area contributed by atoms with E-state index in [1.165, 1.54) is 0 Å². The van der Waals surface area contributed by atoms with E-state index in [1.807, 2.05) is 31.2 Å². The summed E-state index contributed by atoms with van der Waals surface area (Å²) < 4.78 is 4.92. The smallest absolute Gasteiger partial charge is 0.307 e. The molecule has 1 aromatic carbocycles.